The van der Waals surface area contributed by atoms with Crippen LogP contribution in [0.25, 0.3) is 44.0 Å². The molecule has 0 saturated carbocycles. The summed E-state index contributed by atoms with van der Waals surface area (Å²) in [5, 5.41) is 14.7. The van der Waals surface area contributed by atoms with Crippen molar-refractivity contribution in [2.45, 2.75) is 12.8 Å². The van der Waals surface area contributed by atoms with Crippen molar-refractivity contribution in [2.75, 3.05) is 0 Å². The molecular weight excluding hydrogens is 394 g/mol. The normalized spacial score (nSPS) is 11.5. The average Bonchev–Trinajstić information content (AvgIpc) is 3.22. The number of hydrogen-bond acceptors (Lipinski definition) is 3. The minimum absolute atomic E-state index is 0.333. The van der Waals surface area contributed by atoms with Crippen LogP contribution in [0.4, 0.5) is 0 Å². The van der Waals surface area contributed by atoms with Crippen molar-refractivity contribution in [3.63, 3.8) is 0 Å². The van der Waals surface area contributed by atoms with Crippen molar-refractivity contribution in [1.82, 2.24) is 4.98 Å². The zero-order valence-corrected chi connectivity index (χ0v) is 17.5. The molecule has 0 amide bonds. The highest BCUT2D eigenvalue weighted by molar-refractivity contribution is 6.09. The maximum atomic E-state index is 10.2. The number of hydrogen-bond donors (Lipinski definition) is 1. The fourth-order valence-electron chi connectivity index (χ4n) is 4.52. The van der Waals surface area contributed by atoms with E-state index in [1.165, 1.54) is 0 Å². The molecule has 4 aromatic carbocycles. The minimum Gasteiger partial charge on any atom is -0.508 e. The maximum Gasteiger partial charge on any atom is 0.144 e. The highest BCUT2D eigenvalue weighted by Gasteiger charge is 2.15. The topological polar surface area (TPSA) is 46.3 Å². The van der Waals surface area contributed by atoms with Gasteiger partial charge in [0.1, 0.15) is 16.9 Å². The number of rotatable bonds is 4. The van der Waals surface area contributed by atoms with Crippen LogP contribution in [0.3, 0.4) is 0 Å². The summed E-state index contributed by atoms with van der Waals surface area (Å²) in [6.07, 6.45) is 1.46. The molecule has 0 aliphatic carbocycles. The Kier molecular flexibility index (Phi) is 4.39. The Morgan fingerprint density at radius 3 is 2.34 bits per heavy atom. The molecule has 0 radical (unpaired) electrons. The van der Waals surface area contributed by atoms with Crippen molar-refractivity contribution >= 4 is 32.7 Å². The number of pyridine rings is 1. The number of furan rings is 1. The number of phenols is 1. The molecule has 32 heavy (non-hydrogen) atoms. The van der Waals surface area contributed by atoms with Crippen LogP contribution in [0.5, 0.6) is 5.75 Å². The fourth-order valence-corrected chi connectivity index (χ4v) is 4.52. The van der Waals surface area contributed by atoms with Gasteiger partial charge in [-0.2, -0.15) is 0 Å². The number of aromatic hydroxyl groups is 1. The summed E-state index contributed by atoms with van der Waals surface area (Å²) >= 11 is 0. The number of benzene rings is 4. The molecule has 3 nitrogen and oxygen atoms in total. The van der Waals surface area contributed by atoms with Gasteiger partial charge in [-0.05, 0) is 48.1 Å². The van der Waals surface area contributed by atoms with Gasteiger partial charge in [0.25, 0.3) is 0 Å². The molecule has 3 heteroatoms. The van der Waals surface area contributed by atoms with Crippen LogP contribution in [0, 0.1) is 0 Å². The first-order valence-electron chi connectivity index (χ1n) is 10.8. The number of phenolic OH excluding ortho intramolecular Hbond substituents is 1. The monoisotopic (exact) mass is 415 g/mol. The van der Waals surface area contributed by atoms with Crippen molar-refractivity contribution in [3.05, 3.63) is 108 Å². The van der Waals surface area contributed by atoms with Crippen LogP contribution < -0.4 is 0 Å². The molecule has 6 rings (SSSR count). The lowest BCUT2D eigenvalue weighted by atomic mass is 9.99. The van der Waals surface area contributed by atoms with Gasteiger partial charge in [0.05, 0.1) is 5.69 Å². The van der Waals surface area contributed by atoms with Crippen molar-refractivity contribution in [2.24, 2.45) is 0 Å². The van der Waals surface area contributed by atoms with Gasteiger partial charge in [0, 0.05) is 27.4 Å². The number of aromatic nitrogens is 1. The molecule has 154 valence electrons. The zero-order valence-electron chi connectivity index (χ0n) is 17.5. The van der Waals surface area contributed by atoms with E-state index in [0.717, 1.165) is 68.1 Å². The summed E-state index contributed by atoms with van der Waals surface area (Å²) in [6, 6.07) is 32.4. The summed E-state index contributed by atoms with van der Waals surface area (Å²) < 4.78 is 6.26. The first kappa shape index (κ1) is 18.6. The summed E-state index contributed by atoms with van der Waals surface area (Å²) in [5.41, 5.74) is 5.60. The van der Waals surface area contributed by atoms with E-state index in [0.29, 0.717) is 5.75 Å². The lowest BCUT2D eigenvalue weighted by Gasteiger charge is -2.11. The van der Waals surface area contributed by atoms with Gasteiger partial charge in [0.15, 0.2) is 0 Å². The molecule has 0 saturated heterocycles. The van der Waals surface area contributed by atoms with Crippen LogP contribution in [0.2, 0.25) is 0 Å². The minimum atomic E-state index is 0.333. The summed E-state index contributed by atoms with van der Waals surface area (Å²) in [7, 11) is 0. The third-order valence-corrected chi connectivity index (χ3v) is 6.12. The first-order chi connectivity index (χ1) is 15.8. The molecule has 0 aliphatic heterocycles. The zero-order chi connectivity index (χ0) is 21.5. The van der Waals surface area contributed by atoms with Gasteiger partial charge >= 0.3 is 0 Å². The first-order valence-corrected chi connectivity index (χ1v) is 10.8. The molecule has 1 N–H and O–H groups in total. The average molecular weight is 415 g/mol. The third kappa shape index (κ3) is 3.10. The molecule has 0 unspecified atom stereocenters. The van der Waals surface area contributed by atoms with Gasteiger partial charge in [-0.15, -0.1) is 0 Å². The second-order valence-electron chi connectivity index (χ2n) is 8.08. The van der Waals surface area contributed by atoms with E-state index in [4.69, 9.17) is 9.40 Å². The van der Waals surface area contributed by atoms with E-state index in [1.54, 1.807) is 6.07 Å². The molecule has 0 bridgehead atoms. The lowest BCUT2D eigenvalue weighted by Crippen LogP contribution is -1.98. The van der Waals surface area contributed by atoms with Gasteiger partial charge < -0.3 is 9.52 Å². The Morgan fingerprint density at radius 1 is 0.688 bits per heavy atom. The van der Waals surface area contributed by atoms with E-state index in [1.807, 2.05) is 42.5 Å². The van der Waals surface area contributed by atoms with Gasteiger partial charge in [-0.1, -0.05) is 72.8 Å². The van der Waals surface area contributed by atoms with Gasteiger partial charge in [-0.3, -0.25) is 4.98 Å². The number of para-hydroxylation sites is 3. The smallest absolute Gasteiger partial charge is 0.144 e. The number of aryl methyl sites for hydroxylation is 2. The molecule has 0 atom stereocenters. The summed E-state index contributed by atoms with van der Waals surface area (Å²) in [5.74, 6) is 0.333. The van der Waals surface area contributed by atoms with Gasteiger partial charge in [0.2, 0.25) is 0 Å². The van der Waals surface area contributed by atoms with E-state index < -0.39 is 0 Å². The number of fused-ring (bicyclic) bond motifs is 4. The van der Waals surface area contributed by atoms with E-state index in [2.05, 4.69) is 48.5 Å². The van der Waals surface area contributed by atoms with Gasteiger partial charge in [-0.25, -0.2) is 0 Å². The van der Waals surface area contributed by atoms with Crippen LogP contribution in [0.15, 0.2) is 101 Å². The Labute approximate surface area is 185 Å². The predicted octanol–water partition coefficient (Wildman–Crippen LogP) is 7.29. The molecule has 0 aliphatic rings. The van der Waals surface area contributed by atoms with Crippen LogP contribution in [-0.2, 0) is 12.8 Å². The van der Waals surface area contributed by atoms with Crippen LogP contribution in [-0.4, -0.2) is 10.1 Å². The van der Waals surface area contributed by atoms with E-state index in [-0.39, 0.29) is 0 Å². The molecular formula is C29H21NO2. The standard InChI is InChI=1S/C29H21NO2/c31-27-14-5-2-8-19(27)16-17-25-21-10-3-1-9-20(21)18-26(30-25)24-13-7-12-23-22-11-4-6-15-28(22)32-29(23)24/h1-15,18,31H,16-17H2. The van der Waals surface area contributed by atoms with E-state index in [9.17, 15) is 5.11 Å². The van der Waals surface area contributed by atoms with E-state index >= 15 is 0 Å². The second kappa shape index (κ2) is 7.54. The second-order valence-corrected chi connectivity index (χ2v) is 8.08. The summed E-state index contributed by atoms with van der Waals surface area (Å²) in [4.78, 5) is 5.09. The molecule has 2 heterocycles. The van der Waals surface area contributed by atoms with Crippen LogP contribution >= 0.6 is 0 Å². The molecule has 0 fully saturated rings. The molecule has 2 aromatic heterocycles. The Hall–Kier alpha value is -4.11. The highest BCUT2D eigenvalue weighted by Crippen LogP contribution is 2.36. The van der Waals surface area contributed by atoms with Crippen molar-refractivity contribution in [3.8, 4) is 17.0 Å². The van der Waals surface area contributed by atoms with Crippen molar-refractivity contribution < 1.29 is 9.52 Å². The fraction of sp³-hybridized carbons (Fsp3) is 0.0690. The van der Waals surface area contributed by atoms with Crippen LogP contribution in [0.1, 0.15) is 11.3 Å². The highest BCUT2D eigenvalue weighted by atomic mass is 16.3. The largest absolute Gasteiger partial charge is 0.508 e. The predicted molar refractivity (Wildman–Crippen MR) is 130 cm³/mol. The molecule has 0 spiro atoms. The number of nitrogens with zero attached hydrogens (tertiary/aromatic N) is 1. The lowest BCUT2D eigenvalue weighted by molar-refractivity contribution is 0.468. The Morgan fingerprint density at radius 2 is 1.44 bits per heavy atom. The maximum absolute atomic E-state index is 10.2. The SMILES string of the molecule is Oc1ccccc1CCc1nc(-c2cccc3c2oc2ccccc23)cc2ccccc12. The summed E-state index contributed by atoms with van der Waals surface area (Å²) in [6.45, 7) is 0. The van der Waals surface area contributed by atoms with Crippen molar-refractivity contribution in [1.29, 1.82) is 0 Å². The quantitative estimate of drug-likeness (QED) is 0.329. The third-order valence-electron chi connectivity index (χ3n) is 6.12. The Balaban J connectivity index is 1.51. The Bertz CT molecular complexity index is 1600. The molecule has 6 aromatic rings.